The van der Waals surface area contributed by atoms with Crippen LogP contribution in [0.1, 0.15) is 38.2 Å². The second kappa shape index (κ2) is 7.39. The summed E-state index contributed by atoms with van der Waals surface area (Å²) in [5.74, 6) is 4.16. The van der Waals surface area contributed by atoms with Gasteiger partial charge in [0.25, 0.3) is 0 Å². The minimum atomic E-state index is 0.190. The summed E-state index contributed by atoms with van der Waals surface area (Å²) in [5, 5.41) is 3.24. The first-order valence-electron chi connectivity index (χ1n) is 8.23. The lowest BCUT2D eigenvalue weighted by molar-refractivity contribution is -0.119. The fraction of sp³-hybridized carbons (Fsp3) is 0.611. The van der Waals surface area contributed by atoms with Crippen LogP contribution in [-0.4, -0.2) is 17.7 Å². The average molecular weight is 382 g/mol. The lowest BCUT2D eigenvalue weighted by atomic mass is 9.84. The molecule has 2 fully saturated rings. The molecular formula is C18H24BrNOS. The molecule has 0 heterocycles. The summed E-state index contributed by atoms with van der Waals surface area (Å²) in [6.45, 7) is 2.20. The Kier molecular flexibility index (Phi) is 5.50. The van der Waals surface area contributed by atoms with E-state index in [0.717, 1.165) is 28.0 Å². The lowest BCUT2D eigenvalue weighted by Crippen LogP contribution is -2.40. The van der Waals surface area contributed by atoms with Gasteiger partial charge < -0.3 is 5.32 Å². The summed E-state index contributed by atoms with van der Waals surface area (Å²) in [5.41, 5.74) is 1.26. The third-order valence-corrected chi connectivity index (χ3v) is 6.71. The summed E-state index contributed by atoms with van der Waals surface area (Å²) in [6, 6.07) is 8.63. The van der Waals surface area contributed by atoms with Crippen LogP contribution >= 0.6 is 27.7 Å². The molecule has 4 heteroatoms. The SMILES string of the molecule is C[C@H](NC(=O)CSCc1cccc(Br)c1)[C@H]1C[C@H]2CC[C@H]1C2. The van der Waals surface area contributed by atoms with Crippen molar-refractivity contribution in [2.75, 3.05) is 5.75 Å². The van der Waals surface area contributed by atoms with Gasteiger partial charge in [-0.3, -0.25) is 4.79 Å². The maximum atomic E-state index is 12.1. The van der Waals surface area contributed by atoms with Gasteiger partial charge in [-0.05, 0) is 61.6 Å². The van der Waals surface area contributed by atoms with Gasteiger partial charge >= 0.3 is 0 Å². The van der Waals surface area contributed by atoms with E-state index in [1.165, 1.54) is 31.2 Å². The first kappa shape index (κ1) is 16.4. The van der Waals surface area contributed by atoms with E-state index in [1.807, 2.05) is 12.1 Å². The van der Waals surface area contributed by atoms with E-state index in [0.29, 0.717) is 11.8 Å². The number of carbonyl (C=O) groups excluding carboxylic acids is 1. The van der Waals surface area contributed by atoms with Crippen LogP contribution in [0, 0.1) is 17.8 Å². The predicted molar refractivity (Wildman–Crippen MR) is 96.8 cm³/mol. The monoisotopic (exact) mass is 381 g/mol. The number of halogens is 1. The zero-order valence-corrected chi connectivity index (χ0v) is 15.5. The van der Waals surface area contributed by atoms with Gasteiger partial charge in [-0.1, -0.05) is 34.5 Å². The third kappa shape index (κ3) is 4.08. The van der Waals surface area contributed by atoms with Gasteiger partial charge in [0.15, 0.2) is 0 Å². The quantitative estimate of drug-likeness (QED) is 0.778. The topological polar surface area (TPSA) is 29.1 Å². The van der Waals surface area contributed by atoms with Gasteiger partial charge in [-0.15, -0.1) is 11.8 Å². The summed E-state index contributed by atoms with van der Waals surface area (Å²) in [6.07, 6.45) is 5.54. The Hall–Kier alpha value is -0.480. The van der Waals surface area contributed by atoms with E-state index in [9.17, 15) is 4.79 Å². The summed E-state index contributed by atoms with van der Waals surface area (Å²) >= 11 is 5.17. The van der Waals surface area contributed by atoms with E-state index in [1.54, 1.807) is 11.8 Å². The molecule has 0 spiro atoms. The second-order valence-electron chi connectivity index (χ2n) is 6.82. The highest BCUT2D eigenvalue weighted by molar-refractivity contribution is 9.10. The molecule has 0 aliphatic heterocycles. The van der Waals surface area contributed by atoms with Gasteiger partial charge in [0, 0.05) is 16.3 Å². The summed E-state index contributed by atoms with van der Waals surface area (Å²) in [4.78, 5) is 12.1. The van der Waals surface area contributed by atoms with Crippen molar-refractivity contribution in [2.45, 2.75) is 44.4 Å². The maximum Gasteiger partial charge on any atom is 0.230 e. The molecule has 2 bridgehead atoms. The van der Waals surface area contributed by atoms with Crippen molar-refractivity contribution in [3.8, 4) is 0 Å². The number of thioether (sulfide) groups is 1. The van der Waals surface area contributed by atoms with Gasteiger partial charge in [-0.25, -0.2) is 0 Å². The standard InChI is InChI=1S/C18H24BrNOS/c1-12(17-9-13-5-6-15(17)7-13)20-18(21)11-22-10-14-3-2-4-16(19)8-14/h2-4,8,12-13,15,17H,5-7,9-11H2,1H3,(H,20,21)/t12-,13-,15-,17+/m0/s1. The molecular weight excluding hydrogens is 358 g/mol. The molecule has 0 radical (unpaired) electrons. The molecule has 120 valence electrons. The number of benzene rings is 1. The van der Waals surface area contributed by atoms with Crippen molar-refractivity contribution < 1.29 is 4.79 Å². The number of nitrogens with one attached hydrogen (secondary N) is 1. The number of carbonyl (C=O) groups is 1. The molecule has 0 saturated heterocycles. The first-order chi connectivity index (χ1) is 10.6. The van der Waals surface area contributed by atoms with Crippen LogP contribution in [0.15, 0.2) is 28.7 Å². The Morgan fingerprint density at radius 3 is 2.95 bits per heavy atom. The molecule has 1 N–H and O–H groups in total. The first-order valence-corrected chi connectivity index (χ1v) is 10.2. The predicted octanol–water partition coefficient (Wildman–Crippen LogP) is 4.62. The van der Waals surface area contributed by atoms with Crippen LogP contribution in [-0.2, 0) is 10.5 Å². The van der Waals surface area contributed by atoms with Crippen molar-refractivity contribution in [2.24, 2.45) is 17.8 Å². The van der Waals surface area contributed by atoms with Crippen LogP contribution in [0.2, 0.25) is 0 Å². The zero-order valence-electron chi connectivity index (χ0n) is 13.1. The van der Waals surface area contributed by atoms with Gasteiger partial charge in [0.1, 0.15) is 0 Å². The number of hydrogen-bond donors (Lipinski definition) is 1. The Bertz CT molecular complexity index is 536. The highest BCUT2D eigenvalue weighted by atomic mass is 79.9. The van der Waals surface area contributed by atoms with E-state index in [-0.39, 0.29) is 5.91 Å². The molecule has 2 nitrogen and oxygen atoms in total. The molecule has 0 aromatic heterocycles. The van der Waals surface area contributed by atoms with Crippen LogP contribution in [0.4, 0.5) is 0 Å². The molecule has 2 aliphatic rings. The van der Waals surface area contributed by atoms with Crippen molar-refractivity contribution in [3.05, 3.63) is 34.3 Å². The lowest BCUT2D eigenvalue weighted by Gasteiger charge is -2.28. The molecule has 4 atom stereocenters. The summed E-state index contributed by atoms with van der Waals surface area (Å²) < 4.78 is 1.10. The average Bonchev–Trinajstić information content (AvgIpc) is 3.10. The Labute approximate surface area is 146 Å². The molecule has 1 aromatic carbocycles. The van der Waals surface area contributed by atoms with Crippen molar-refractivity contribution in [1.82, 2.24) is 5.32 Å². The van der Waals surface area contributed by atoms with Crippen LogP contribution < -0.4 is 5.32 Å². The Morgan fingerprint density at radius 1 is 1.41 bits per heavy atom. The van der Waals surface area contributed by atoms with E-state index < -0.39 is 0 Å². The molecule has 1 amide bonds. The number of amides is 1. The fourth-order valence-corrected chi connectivity index (χ4v) is 5.43. The normalized spacial score (nSPS) is 27.8. The number of rotatable bonds is 6. The van der Waals surface area contributed by atoms with E-state index in [2.05, 4.69) is 40.3 Å². The minimum Gasteiger partial charge on any atom is -0.353 e. The van der Waals surface area contributed by atoms with Crippen molar-refractivity contribution >= 4 is 33.6 Å². The van der Waals surface area contributed by atoms with Crippen molar-refractivity contribution in [1.29, 1.82) is 0 Å². The molecule has 0 unspecified atom stereocenters. The molecule has 3 rings (SSSR count). The Morgan fingerprint density at radius 2 is 2.27 bits per heavy atom. The zero-order chi connectivity index (χ0) is 15.5. The van der Waals surface area contributed by atoms with Crippen LogP contribution in [0.5, 0.6) is 0 Å². The minimum absolute atomic E-state index is 0.190. The van der Waals surface area contributed by atoms with Crippen LogP contribution in [0.25, 0.3) is 0 Å². The second-order valence-corrected chi connectivity index (χ2v) is 8.72. The number of fused-ring (bicyclic) bond motifs is 2. The van der Waals surface area contributed by atoms with Gasteiger partial charge in [0.05, 0.1) is 5.75 Å². The van der Waals surface area contributed by atoms with Gasteiger partial charge in [-0.2, -0.15) is 0 Å². The third-order valence-electron chi connectivity index (χ3n) is 5.21. The Balaban J connectivity index is 1.39. The largest absolute Gasteiger partial charge is 0.353 e. The highest BCUT2D eigenvalue weighted by Gasteiger charge is 2.42. The smallest absolute Gasteiger partial charge is 0.230 e. The van der Waals surface area contributed by atoms with Gasteiger partial charge in [0.2, 0.25) is 5.91 Å². The molecule has 1 aromatic rings. The summed E-state index contributed by atoms with van der Waals surface area (Å²) in [7, 11) is 0. The van der Waals surface area contributed by atoms with E-state index in [4.69, 9.17) is 0 Å². The molecule has 2 saturated carbocycles. The van der Waals surface area contributed by atoms with Crippen LogP contribution in [0.3, 0.4) is 0 Å². The fourth-order valence-electron chi connectivity index (χ4n) is 4.20. The maximum absolute atomic E-state index is 12.1. The highest BCUT2D eigenvalue weighted by Crippen LogP contribution is 2.49. The van der Waals surface area contributed by atoms with Crippen molar-refractivity contribution in [3.63, 3.8) is 0 Å². The molecule has 2 aliphatic carbocycles. The molecule has 22 heavy (non-hydrogen) atoms. The van der Waals surface area contributed by atoms with E-state index >= 15 is 0 Å². The number of hydrogen-bond acceptors (Lipinski definition) is 2.